The second-order valence-electron chi connectivity index (χ2n) is 6.63. The molecule has 118 valence electrons. The molecule has 0 unspecified atom stereocenters. The Morgan fingerprint density at radius 1 is 1.14 bits per heavy atom. The average Bonchev–Trinajstić information content (AvgIpc) is 2.47. The molecule has 1 aromatic heterocycles. The van der Waals surface area contributed by atoms with Crippen LogP contribution in [0.5, 0.6) is 0 Å². The first-order valence-electron chi connectivity index (χ1n) is 8.21. The van der Waals surface area contributed by atoms with Crippen molar-refractivity contribution in [2.75, 3.05) is 37.6 Å². The number of nitrogens with zero attached hydrogens (tertiary/aromatic N) is 3. The second kappa shape index (κ2) is 7.76. The molecule has 21 heavy (non-hydrogen) atoms. The van der Waals surface area contributed by atoms with E-state index < -0.39 is 0 Å². The van der Waals surface area contributed by atoms with Gasteiger partial charge in [0.1, 0.15) is 5.82 Å². The summed E-state index contributed by atoms with van der Waals surface area (Å²) in [6, 6.07) is 4.88. The van der Waals surface area contributed by atoms with Crippen LogP contribution in [0.1, 0.15) is 33.3 Å². The van der Waals surface area contributed by atoms with Crippen molar-refractivity contribution in [1.29, 1.82) is 0 Å². The van der Waals surface area contributed by atoms with E-state index in [2.05, 4.69) is 53.9 Å². The molecule has 4 nitrogen and oxygen atoms in total. The zero-order valence-electron chi connectivity index (χ0n) is 14.0. The van der Waals surface area contributed by atoms with Crippen LogP contribution in [0.3, 0.4) is 0 Å². The van der Waals surface area contributed by atoms with Crippen LogP contribution in [-0.4, -0.2) is 48.6 Å². The maximum Gasteiger partial charge on any atom is 0.133 e. The van der Waals surface area contributed by atoms with E-state index in [1.807, 2.05) is 12.3 Å². The van der Waals surface area contributed by atoms with E-state index in [-0.39, 0.29) is 0 Å². The Morgan fingerprint density at radius 3 is 2.48 bits per heavy atom. The van der Waals surface area contributed by atoms with Crippen LogP contribution >= 0.6 is 0 Å². The Balaban J connectivity index is 1.97. The number of hydrogen-bond acceptors (Lipinski definition) is 4. The number of hydrogen-bond donors (Lipinski definition) is 1. The molecule has 0 aliphatic carbocycles. The van der Waals surface area contributed by atoms with Gasteiger partial charge < -0.3 is 10.2 Å². The summed E-state index contributed by atoms with van der Waals surface area (Å²) in [5.74, 6) is 1.84. The summed E-state index contributed by atoms with van der Waals surface area (Å²) < 4.78 is 0. The lowest BCUT2D eigenvalue weighted by Crippen LogP contribution is -2.49. The van der Waals surface area contributed by atoms with Crippen LogP contribution in [0.4, 0.5) is 5.82 Å². The summed E-state index contributed by atoms with van der Waals surface area (Å²) >= 11 is 0. The largest absolute Gasteiger partial charge is 0.354 e. The lowest BCUT2D eigenvalue weighted by atomic mass is 10.2. The lowest BCUT2D eigenvalue weighted by molar-refractivity contribution is 0.209. The summed E-state index contributed by atoms with van der Waals surface area (Å²) in [5.41, 5.74) is 1.32. The van der Waals surface area contributed by atoms with E-state index in [0.29, 0.717) is 12.0 Å². The van der Waals surface area contributed by atoms with Gasteiger partial charge in [0.05, 0.1) is 0 Å². The maximum absolute atomic E-state index is 4.64. The van der Waals surface area contributed by atoms with Crippen molar-refractivity contribution in [2.45, 2.75) is 40.3 Å². The molecule has 4 heteroatoms. The first-order valence-corrected chi connectivity index (χ1v) is 8.21. The van der Waals surface area contributed by atoms with Gasteiger partial charge in [-0.15, -0.1) is 0 Å². The number of nitrogens with one attached hydrogen (secondary N) is 1. The number of rotatable bonds is 6. The summed E-state index contributed by atoms with van der Waals surface area (Å²) in [7, 11) is 0. The molecular formula is C17H30N4. The van der Waals surface area contributed by atoms with Crippen LogP contribution in [-0.2, 0) is 6.54 Å². The average molecular weight is 290 g/mol. The molecule has 1 N–H and O–H groups in total. The molecule has 2 heterocycles. The summed E-state index contributed by atoms with van der Waals surface area (Å²) in [5, 5.41) is 3.53. The van der Waals surface area contributed by atoms with Gasteiger partial charge in [-0.2, -0.15) is 0 Å². The van der Waals surface area contributed by atoms with Gasteiger partial charge in [-0.25, -0.2) is 4.98 Å². The van der Waals surface area contributed by atoms with Gasteiger partial charge in [-0.3, -0.25) is 4.90 Å². The smallest absolute Gasteiger partial charge is 0.133 e. The van der Waals surface area contributed by atoms with Crippen molar-refractivity contribution in [3.05, 3.63) is 23.9 Å². The van der Waals surface area contributed by atoms with E-state index in [1.54, 1.807) is 0 Å². The van der Waals surface area contributed by atoms with Gasteiger partial charge in [0.15, 0.2) is 0 Å². The minimum Gasteiger partial charge on any atom is -0.354 e. The monoisotopic (exact) mass is 290 g/mol. The fourth-order valence-electron chi connectivity index (χ4n) is 2.80. The minimum atomic E-state index is 0.642. The molecule has 0 atom stereocenters. The molecule has 1 aliphatic heterocycles. The van der Waals surface area contributed by atoms with Crippen molar-refractivity contribution in [2.24, 2.45) is 5.92 Å². The van der Waals surface area contributed by atoms with Crippen LogP contribution in [0.15, 0.2) is 18.3 Å². The normalized spacial score (nSPS) is 17.0. The number of piperazine rings is 1. The van der Waals surface area contributed by atoms with Crippen molar-refractivity contribution >= 4 is 5.82 Å². The number of aromatic nitrogens is 1. The fourth-order valence-corrected chi connectivity index (χ4v) is 2.80. The molecule has 1 aromatic rings. The molecule has 1 aliphatic rings. The molecule has 0 spiro atoms. The maximum atomic E-state index is 4.64. The predicted octanol–water partition coefficient (Wildman–Crippen LogP) is 2.36. The van der Waals surface area contributed by atoms with E-state index in [1.165, 1.54) is 5.56 Å². The highest BCUT2D eigenvalue weighted by Crippen LogP contribution is 2.19. The van der Waals surface area contributed by atoms with Crippen LogP contribution < -0.4 is 10.2 Å². The third-order valence-electron chi connectivity index (χ3n) is 4.08. The SMILES string of the molecule is CC(C)CNCc1cccnc1N1CCN(C(C)C)CC1. The summed E-state index contributed by atoms with van der Waals surface area (Å²) in [6.07, 6.45) is 1.91. The van der Waals surface area contributed by atoms with Gasteiger partial charge in [0, 0.05) is 50.5 Å². The van der Waals surface area contributed by atoms with Crippen molar-refractivity contribution in [3.8, 4) is 0 Å². The van der Waals surface area contributed by atoms with Crippen LogP contribution in [0.25, 0.3) is 0 Å². The summed E-state index contributed by atoms with van der Waals surface area (Å²) in [4.78, 5) is 9.61. The number of pyridine rings is 1. The molecule has 1 saturated heterocycles. The Morgan fingerprint density at radius 2 is 1.86 bits per heavy atom. The predicted molar refractivity (Wildman–Crippen MR) is 89.7 cm³/mol. The molecule has 1 fully saturated rings. The lowest BCUT2D eigenvalue weighted by Gasteiger charge is -2.38. The van der Waals surface area contributed by atoms with Gasteiger partial charge >= 0.3 is 0 Å². The highest BCUT2D eigenvalue weighted by atomic mass is 15.3. The zero-order valence-corrected chi connectivity index (χ0v) is 14.0. The van der Waals surface area contributed by atoms with Crippen molar-refractivity contribution < 1.29 is 0 Å². The molecule has 0 saturated carbocycles. The van der Waals surface area contributed by atoms with Crippen molar-refractivity contribution in [1.82, 2.24) is 15.2 Å². The third-order valence-corrected chi connectivity index (χ3v) is 4.08. The highest BCUT2D eigenvalue weighted by Gasteiger charge is 2.21. The molecule has 0 aromatic carbocycles. The van der Waals surface area contributed by atoms with Gasteiger partial charge in [0.2, 0.25) is 0 Å². The Kier molecular flexibility index (Phi) is 6.00. The third kappa shape index (κ3) is 4.68. The van der Waals surface area contributed by atoms with E-state index in [4.69, 9.17) is 0 Å². The molecule has 0 radical (unpaired) electrons. The first-order chi connectivity index (χ1) is 10.1. The van der Waals surface area contributed by atoms with E-state index >= 15 is 0 Å². The Hall–Kier alpha value is -1.13. The highest BCUT2D eigenvalue weighted by molar-refractivity contribution is 5.47. The van der Waals surface area contributed by atoms with E-state index in [0.717, 1.165) is 45.1 Å². The molecule has 0 amide bonds. The standard InChI is InChI=1S/C17H30N4/c1-14(2)12-18-13-16-6-5-7-19-17(16)21-10-8-20(9-11-21)15(3)4/h5-7,14-15,18H,8-13H2,1-4H3. The van der Waals surface area contributed by atoms with Crippen molar-refractivity contribution in [3.63, 3.8) is 0 Å². The first kappa shape index (κ1) is 16.2. The van der Waals surface area contributed by atoms with Gasteiger partial charge in [-0.1, -0.05) is 19.9 Å². The fraction of sp³-hybridized carbons (Fsp3) is 0.706. The summed E-state index contributed by atoms with van der Waals surface area (Å²) in [6.45, 7) is 15.4. The van der Waals surface area contributed by atoms with Crippen LogP contribution in [0, 0.1) is 5.92 Å². The van der Waals surface area contributed by atoms with Gasteiger partial charge in [-0.05, 0) is 32.4 Å². The van der Waals surface area contributed by atoms with E-state index in [9.17, 15) is 0 Å². The number of anilines is 1. The molecule has 0 bridgehead atoms. The Bertz CT molecular complexity index is 423. The zero-order chi connectivity index (χ0) is 15.2. The Labute approximate surface area is 129 Å². The topological polar surface area (TPSA) is 31.4 Å². The minimum absolute atomic E-state index is 0.642. The van der Waals surface area contributed by atoms with Gasteiger partial charge in [0.25, 0.3) is 0 Å². The molecule has 2 rings (SSSR count). The van der Waals surface area contributed by atoms with Crippen LogP contribution in [0.2, 0.25) is 0 Å². The second-order valence-corrected chi connectivity index (χ2v) is 6.63. The molecular weight excluding hydrogens is 260 g/mol. The quantitative estimate of drug-likeness (QED) is 0.871.